The maximum absolute atomic E-state index is 13.5. The van der Waals surface area contributed by atoms with E-state index >= 15 is 0 Å². The molecule has 6 nitrogen and oxygen atoms in total. The first-order valence-corrected chi connectivity index (χ1v) is 11.3. The summed E-state index contributed by atoms with van der Waals surface area (Å²) in [5.41, 5.74) is -0.531. The van der Waals surface area contributed by atoms with E-state index in [1.165, 1.54) is 6.07 Å². The topological polar surface area (TPSA) is 77.0 Å². The number of carbonyl (C=O) groups is 1. The molecule has 1 unspecified atom stereocenters. The van der Waals surface area contributed by atoms with Crippen LogP contribution in [0.4, 0.5) is 26.3 Å². The number of alkyl halides is 6. The fourth-order valence-corrected chi connectivity index (χ4v) is 3.67. The second-order valence-electron chi connectivity index (χ2n) is 8.95. The third-order valence-corrected chi connectivity index (χ3v) is 6.09. The molecule has 37 heavy (non-hydrogen) atoms. The van der Waals surface area contributed by atoms with Crippen LogP contribution in [0.15, 0.2) is 42.0 Å². The summed E-state index contributed by atoms with van der Waals surface area (Å²) in [5.74, 6) is -0.999. The van der Waals surface area contributed by atoms with Gasteiger partial charge in [-0.05, 0) is 61.2 Å². The molecular formula is C25H23F6NO5. The van der Waals surface area contributed by atoms with E-state index < -0.39 is 41.3 Å². The van der Waals surface area contributed by atoms with Gasteiger partial charge >= 0.3 is 18.3 Å². The summed E-state index contributed by atoms with van der Waals surface area (Å²) in [6.07, 6.45) is -9.16. The van der Waals surface area contributed by atoms with Crippen molar-refractivity contribution in [2.24, 2.45) is 0 Å². The molecule has 12 heteroatoms. The Labute approximate surface area is 207 Å². The van der Waals surface area contributed by atoms with Crippen molar-refractivity contribution < 1.29 is 50.5 Å². The number of fused-ring (bicyclic) bond motifs is 1. The Morgan fingerprint density at radius 2 is 1.86 bits per heavy atom. The highest BCUT2D eigenvalue weighted by Crippen LogP contribution is 2.39. The number of ether oxygens (including phenoxy) is 3. The lowest BCUT2D eigenvalue weighted by molar-refractivity contribution is -0.191. The summed E-state index contributed by atoms with van der Waals surface area (Å²) in [7, 11) is 0. The molecule has 1 atom stereocenters. The fourth-order valence-electron chi connectivity index (χ4n) is 3.67. The predicted octanol–water partition coefficient (Wildman–Crippen LogP) is 5.60. The van der Waals surface area contributed by atoms with Crippen molar-refractivity contribution in [3.8, 4) is 17.2 Å². The monoisotopic (exact) mass is 531 g/mol. The molecule has 1 fully saturated rings. The lowest BCUT2D eigenvalue weighted by Crippen LogP contribution is -2.40. The molecule has 1 aliphatic heterocycles. The number of halogens is 6. The summed E-state index contributed by atoms with van der Waals surface area (Å²) < 4.78 is 94.5. The molecule has 0 aromatic heterocycles. The summed E-state index contributed by atoms with van der Waals surface area (Å²) >= 11 is 0. The van der Waals surface area contributed by atoms with Crippen molar-refractivity contribution in [1.29, 1.82) is 0 Å². The van der Waals surface area contributed by atoms with E-state index in [9.17, 15) is 36.2 Å². The molecule has 1 heterocycles. The molecule has 0 spiro atoms. The third kappa shape index (κ3) is 6.30. The van der Waals surface area contributed by atoms with Crippen molar-refractivity contribution >= 4 is 12.0 Å². The van der Waals surface area contributed by atoms with Gasteiger partial charge in [-0.2, -0.15) is 26.3 Å². The summed E-state index contributed by atoms with van der Waals surface area (Å²) in [6, 6.07) is 7.61. The van der Waals surface area contributed by atoms with E-state index in [1.807, 2.05) is 6.08 Å². The Kier molecular flexibility index (Phi) is 7.06. The lowest BCUT2D eigenvalue weighted by atomic mass is 10.1. The number of nitrogens with one attached hydrogen (secondary N) is 1. The summed E-state index contributed by atoms with van der Waals surface area (Å²) in [6.45, 7) is 0.932. The standard InChI is InChI=1S/C25H23F6NO5/c1-14(24(26,27)28)37-20-5-2-15(9-19(20)25(29,30)31)12-35-18-4-3-17-8-16(13-36-21(17)10-18)11-32-23(6-7-23)22(33)34/h2-5,8-10,14,32H,6-7,11-13H2,1H3,(H,33,34). The largest absolute Gasteiger partial charge is 0.489 e. The van der Waals surface area contributed by atoms with Crippen LogP contribution in [0.2, 0.25) is 0 Å². The highest BCUT2D eigenvalue weighted by molar-refractivity contribution is 5.82. The zero-order chi connectivity index (χ0) is 27.0. The Morgan fingerprint density at radius 3 is 2.49 bits per heavy atom. The minimum atomic E-state index is -4.93. The van der Waals surface area contributed by atoms with Crippen LogP contribution in [0.25, 0.3) is 6.08 Å². The average Bonchev–Trinajstić information content (AvgIpc) is 3.62. The van der Waals surface area contributed by atoms with Gasteiger partial charge in [-0.25, -0.2) is 0 Å². The van der Waals surface area contributed by atoms with Gasteiger partial charge in [0.1, 0.15) is 36.0 Å². The van der Waals surface area contributed by atoms with Crippen molar-refractivity contribution in [2.75, 3.05) is 13.2 Å². The van der Waals surface area contributed by atoms with Gasteiger partial charge in [0.15, 0.2) is 6.10 Å². The molecule has 1 saturated carbocycles. The van der Waals surface area contributed by atoms with Gasteiger partial charge in [-0.3, -0.25) is 10.1 Å². The molecule has 0 saturated heterocycles. The number of rotatable bonds is 9. The maximum atomic E-state index is 13.5. The molecule has 2 aromatic rings. The highest BCUT2D eigenvalue weighted by Gasteiger charge is 2.50. The first-order valence-electron chi connectivity index (χ1n) is 11.3. The minimum absolute atomic E-state index is 0.0821. The molecule has 200 valence electrons. The van der Waals surface area contributed by atoms with E-state index in [2.05, 4.69) is 10.1 Å². The fraction of sp³-hybridized carbons (Fsp3) is 0.400. The smallest absolute Gasteiger partial charge is 0.425 e. The second-order valence-corrected chi connectivity index (χ2v) is 8.95. The van der Waals surface area contributed by atoms with E-state index in [-0.39, 0.29) is 18.8 Å². The number of carboxylic acid groups (broad SMARTS) is 1. The summed E-state index contributed by atoms with van der Waals surface area (Å²) in [4.78, 5) is 11.3. The van der Waals surface area contributed by atoms with Crippen molar-refractivity contribution in [3.05, 3.63) is 58.7 Å². The quantitative estimate of drug-likeness (QED) is 0.411. The zero-order valence-electron chi connectivity index (χ0n) is 19.5. The number of aliphatic carboxylic acids is 1. The van der Waals surface area contributed by atoms with E-state index in [0.717, 1.165) is 17.2 Å². The van der Waals surface area contributed by atoms with Crippen LogP contribution in [0.1, 0.15) is 36.5 Å². The Balaban J connectivity index is 1.41. The van der Waals surface area contributed by atoms with Gasteiger partial charge in [0.25, 0.3) is 0 Å². The predicted molar refractivity (Wildman–Crippen MR) is 119 cm³/mol. The summed E-state index contributed by atoms with van der Waals surface area (Å²) in [5, 5.41) is 12.3. The first-order chi connectivity index (χ1) is 17.3. The molecule has 4 rings (SSSR count). The molecule has 0 radical (unpaired) electrons. The van der Waals surface area contributed by atoms with Crippen LogP contribution in [-0.2, 0) is 17.6 Å². The lowest BCUT2D eigenvalue weighted by Gasteiger charge is -2.21. The molecule has 1 aliphatic carbocycles. The van der Waals surface area contributed by atoms with E-state index in [4.69, 9.17) is 9.47 Å². The van der Waals surface area contributed by atoms with Gasteiger partial charge in [0.2, 0.25) is 0 Å². The van der Waals surface area contributed by atoms with E-state index in [1.54, 1.807) is 18.2 Å². The Morgan fingerprint density at radius 1 is 1.14 bits per heavy atom. The van der Waals surface area contributed by atoms with Crippen molar-refractivity contribution in [3.63, 3.8) is 0 Å². The molecule has 2 aromatic carbocycles. The maximum Gasteiger partial charge on any atom is 0.425 e. The van der Waals surface area contributed by atoms with Gasteiger partial charge in [-0.15, -0.1) is 0 Å². The van der Waals surface area contributed by atoms with Gasteiger partial charge in [0, 0.05) is 18.2 Å². The van der Waals surface area contributed by atoms with Crippen LogP contribution < -0.4 is 19.5 Å². The molecular weight excluding hydrogens is 508 g/mol. The first kappa shape index (κ1) is 26.6. The molecule has 0 amide bonds. The average molecular weight is 531 g/mol. The van der Waals surface area contributed by atoms with Crippen molar-refractivity contribution in [2.45, 2.75) is 50.4 Å². The molecule has 0 bridgehead atoms. The van der Waals surface area contributed by atoms with Crippen LogP contribution in [-0.4, -0.2) is 42.0 Å². The second kappa shape index (κ2) is 9.81. The third-order valence-electron chi connectivity index (χ3n) is 6.09. The number of carboxylic acids is 1. The van der Waals surface area contributed by atoms with Gasteiger partial charge in [-0.1, -0.05) is 6.07 Å². The van der Waals surface area contributed by atoms with Crippen LogP contribution in [0.5, 0.6) is 17.2 Å². The Bertz CT molecular complexity index is 1200. The number of hydrogen-bond acceptors (Lipinski definition) is 5. The normalized spacial score (nSPS) is 17.2. The van der Waals surface area contributed by atoms with Crippen LogP contribution in [0.3, 0.4) is 0 Å². The Hall–Kier alpha value is -3.41. The number of benzene rings is 2. The van der Waals surface area contributed by atoms with Crippen LogP contribution >= 0.6 is 0 Å². The van der Waals surface area contributed by atoms with Crippen LogP contribution in [0, 0.1) is 0 Å². The minimum Gasteiger partial charge on any atom is -0.489 e. The SMILES string of the molecule is CC(Oc1ccc(COc2ccc3c(c2)OCC(CNC2(C(=O)O)CC2)=C3)cc1C(F)(F)F)C(F)(F)F. The number of hydrogen-bond donors (Lipinski definition) is 2. The zero-order valence-corrected chi connectivity index (χ0v) is 19.5. The molecule has 2 aliphatic rings. The van der Waals surface area contributed by atoms with Gasteiger partial charge in [0.05, 0.1) is 5.56 Å². The van der Waals surface area contributed by atoms with Gasteiger partial charge < -0.3 is 19.3 Å². The van der Waals surface area contributed by atoms with Crippen molar-refractivity contribution in [1.82, 2.24) is 5.32 Å². The highest BCUT2D eigenvalue weighted by atomic mass is 19.4. The molecule has 2 N–H and O–H groups in total. The van der Waals surface area contributed by atoms with E-state index in [0.29, 0.717) is 43.9 Å².